The zero-order valence-electron chi connectivity index (χ0n) is 14.1. The molecule has 1 aromatic heterocycles. The fraction of sp³-hybridized carbons (Fsp3) is 0.471. The summed E-state index contributed by atoms with van der Waals surface area (Å²) in [6.07, 6.45) is 3.10. The van der Waals surface area contributed by atoms with E-state index < -0.39 is 0 Å². The van der Waals surface area contributed by atoms with Gasteiger partial charge >= 0.3 is 0 Å². The molecule has 130 valence electrons. The monoisotopic (exact) mass is 356 g/mol. The predicted octanol–water partition coefficient (Wildman–Crippen LogP) is 2.41. The third-order valence-electron chi connectivity index (χ3n) is 3.98. The molecule has 3 rings (SSSR count). The lowest BCUT2D eigenvalue weighted by Gasteiger charge is -2.22. The van der Waals surface area contributed by atoms with Gasteiger partial charge < -0.3 is 4.90 Å². The quantitative estimate of drug-likeness (QED) is 0.675. The Morgan fingerprint density at radius 1 is 1.40 bits per heavy atom. The first-order valence-electron chi connectivity index (χ1n) is 8.38. The van der Waals surface area contributed by atoms with Gasteiger partial charge in [0.2, 0.25) is 11.1 Å². The second kappa shape index (κ2) is 8.12. The fourth-order valence-corrected chi connectivity index (χ4v) is 3.36. The zero-order valence-corrected chi connectivity index (χ0v) is 14.9. The van der Waals surface area contributed by atoms with E-state index in [4.69, 9.17) is 5.26 Å². The number of thioether (sulfide) groups is 1. The van der Waals surface area contributed by atoms with E-state index in [0.717, 1.165) is 24.8 Å². The van der Waals surface area contributed by atoms with Crippen molar-refractivity contribution in [2.24, 2.45) is 0 Å². The number of nitrogens with zero attached hydrogens (tertiary/aromatic N) is 6. The third-order valence-corrected chi connectivity index (χ3v) is 4.90. The predicted molar refractivity (Wildman–Crippen MR) is 93.7 cm³/mol. The number of amides is 1. The van der Waals surface area contributed by atoms with Gasteiger partial charge in [-0.05, 0) is 47.4 Å². The molecule has 0 aliphatic heterocycles. The maximum absolute atomic E-state index is 12.6. The first-order valence-corrected chi connectivity index (χ1v) is 9.37. The summed E-state index contributed by atoms with van der Waals surface area (Å²) < 4.78 is 1.82. The van der Waals surface area contributed by atoms with Gasteiger partial charge in [0, 0.05) is 13.1 Å². The first kappa shape index (κ1) is 17.4. The summed E-state index contributed by atoms with van der Waals surface area (Å²) in [6, 6.07) is 9.86. The van der Waals surface area contributed by atoms with Gasteiger partial charge in [-0.1, -0.05) is 30.8 Å². The van der Waals surface area contributed by atoms with Gasteiger partial charge in [-0.25, -0.2) is 4.68 Å². The lowest BCUT2D eigenvalue weighted by Crippen LogP contribution is -2.32. The standard InChI is InChI=1S/C17H20N6OS/c1-2-9-22(11-14-5-3-13(10-18)4-6-14)16(24)12-25-17-19-20-21-23(17)15-7-8-15/h3-6,15H,2,7-9,11-12H2,1H3. The Labute approximate surface area is 151 Å². The van der Waals surface area contributed by atoms with Gasteiger partial charge in [-0.3, -0.25) is 4.79 Å². The van der Waals surface area contributed by atoms with Crippen LogP contribution >= 0.6 is 11.8 Å². The highest BCUT2D eigenvalue weighted by atomic mass is 32.2. The molecule has 1 aromatic carbocycles. The number of aromatic nitrogens is 4. The van der Waals surface area contributed by atoms with Crippen LogP contribution in [-0.2, 0) is 11.3 Å². The van der Waals surface area contributed by atoms with Crippen LogP contribution in [0.4, 0.5) is 0 Å². The van der Waals surface area contributed by atoms with Crippen molar-refractivity contribution in [1.29, 1.82) is 5.26 Å². The summed E-state index contributed by atoms with van der Waals surface area (Å²) >= 11 is 1.39. The molecule has 0 bridgehead atoms. The summed E-state index contributed by atoms with van der Waals surface area (Å²) in [5.74, 6) is 0.394. The van der Waals surface area contributed by atoms with Gasteiger partial charge in [0.1, 0.15) is 0 Å². The number of rotatable bonds is 8. The smallest absolute Gasteiger partial charge is 0.233 e. The molecule has 25 heavy (non-hydrogen) atoms. The van der Waals surface area contributed by atoms with Crippen LogP contribution in [0.25, 0.3) is 0 Å². The minimum atomic E-state index is 0.0709. The van der Waals surface area contributed by atoms with Crippen LogP contribution in [0.15, 0.2) is 29.4 Å². The van der Waals surface area contributed by atoms with E-state index in [1.807, 2.05) is 21.7 Å². The third kappa shape index (κ3) is 4.57. The van der Waals surface area contributed by atoms with Crippen molar-refractivity contribution in [3.63, 3.8) is 0 Å². The van der Waals surface area contributed by atoms with Gasteiger partial charge in [-0.15, -0.1) is 5.10 Å². The van der Waals surface area contributed by atoms with Crippen LogP contribution < -0.4 is 0 Å². The van der Waals surface area contributed by atoms with Crippen molar-refractivity contribution >= 4 is 17.7 Å². The fourth-order valence-electron chi connectivity index (χ4n) is 2.51. The van der Waals surface area contributed by atoms with E-state index in [-0.39, 0.29) is 5.91 Å². The van der Waals surface area contributed by atoms with E-state index >= 15 is 0 Å². The molecule has 0 atom stereocenters. The van der Waals surface area contributed by atoms with E-state index in [0.29, 0.717) is 35.6 Å². The SMILES string of the molecule is CCCN(Cc1ccc(C#N)cc1)C(=O)CSc1nnnn1C1CC1. The molecular formula is C17H20N6OS. The molecule has 0 spiro atoms. The lowest BCUT2D eigenvalue weighted by molar-refractivity contribution is -0.129. The molecule has 0 saturated heterocycles. The summed E-state index contributed by atoms with van der Waals surface area (Å²) in [5.41, 5.74) is 1.65. The van der Waals surface area contributed by atoms with Crippen molar-refractivity contribution in [3.8, 4) is 6.07 Å². The van der Waals surface area contributed by atoms with Gasteiger partial charge in [0.05, 0.1) is 23.4 Å². The molecule has 0 unspecified atom stereocenters. The van der Waals surface area contributed by atoms with Crippen LogP contribution in [-0.4, -0.2) is 43.3 Å². The molecule has 1 heterocycles. The molecule has 8 heteroatoms. The number of nitriles is 1. The Bertz CT molecular complexity index is 762. The maximum Gasteiger partial charge on any atom is 0.233 e. The van der Waals surface area contributed by atoms with E-state index in [9.17, 15) is 4.79 Å². The van der Waals surface area contributed by atoms with Gasteiger partial charge in [0.15, 0.2) is 0 Å². The van der Waals surface area contributed by atoms with Crippen molar-refractivity contribution in [2.45, 2.75) is 43.9 Å². The topological polar surface area (TPSA) is 87.7 Å². The number of carbonyl (C=O) groups is 1. The van der Waals surface area contributed by atoms with Gasteiger partial charge in [-0.2, -0.15) is 5.26 Å². The highest BCUT2D eigenvalue weighted by Crippen LogP contribution is 2.36. The normalized spacial score (nSPS) is 13.4. The molecule has 1 aliphatic carbocycles. The first-order chi connectivity index (χ1) is 12.2. The number of benzene rings is 1. The Hall–Kier alpha value is -2.40. The van der Waals surface area contributed by atoms with Crippen LogP contribution in [0, 0.1) is 11.3 Å². The zero-order chi connectivity index (χ0) is 17.6. The summed E-state index contributed by atoms with van der Waals surface area (Å²) in [5, 5.41) is 21.3. The molecule has 1 amide bonds. The number of hydrogen-bond acceptors (Lipinski definition) is 6. The second-order valence-corrected chi connectivity index (χ2v) is 6.99. The Morgan fingerprint density at radius 2 is 2.16 bits per heavy atom. The maximum atomic E-state index is 12.6. The Morgan fingerprint density at radius 3 is 2.80 bits per heavy atom. The van der Waals surface area contributed by atoms with Gasteiger partial charge in [0.25, 0.3) is 0 Å². The second-order valence-electron chi connectivity index (χ2n) is 6.05. The minimum absolute atomic E-state index is 0.0709. The Balaban J connectivity index is 1.59. The average Bonchev–Trinajstić information content (AvgIpc) is 3.38. The number of hydrogen-bond donors (Lipinski definition) is 0. The Kier molecular flexibility index (Phi) is 5.66. The minimum Gasteiger partial charge on any atom is -0.338 e. The highest BCUT2D eigenvalue weighted by molar-refractivity contribution is 7.99. The van der Waals surface area contributed by atoms with Crippen molar-refractivity contribution in [3.05, 3.63) is 35.4 Å². The van der Waals surface area contributed by atoms with Crippen LogP contribution in [0.1, 0.15) is 43.4 Å². The molecule has 0 radical (unpaired) electrons. The molecule has 2 aromatic rings. The van der Waals surface area contributed by atoms with E-state index in [1.54, 1.807) is 12.1 Å². The van der Waals surface area contributed by atoms with E-state index in [2.05, 4.69) is 28.5 Å². The van der Waals surface area contributed by atoms with Crippen molar-refractivity contribution in [2.75, 3.05) is 12.3 Å². The number of tetrazole rings is 1. The number of carbonyl (C=O) groups excluding carboxylic acids is 1. The van der Waals surface area contributed by atoms with E-state index in [1.165, 1.54) is 11.8 Å². The molecule has 1 saturated carbocycles. The van der Waals surface area contributed by atoms with Crippen molar-refractivity contribution in [1.82, 2.24) is 25.1 Å². The average molecular weight is 356 g/mol. The lowest BCUT2D eigenvalue weighted by atomic mass is 10.1. The molecule has 1 fully saturated rings. The van der Waals surface area contributed by atoms with Crippen molar-refractivity contribution < 1.29 is 4.79 Å². The molecular weight excluding hydrogens is 336 g/mol. The van der Waals surface area contributed by atoms with Crippen LogP contribution in [0.3, 0.4) is 0 Å². The van der Waals surface area contributed by atoms with Crippen LogP contribution in [0.5, 0.6) is 0 Å². The van der Waals surface area contributed by atoms with Crippen LogP contribution in [0.2, 0.25) is 0 Å². The molecule has 7 nitrogen and oxygen atoms in total. The highest BCUT2D eigenvalue weighted by Gasteiger charge is 2.28. The largest absolute Gasteiger partial charge is 0.338 e. The molecule has 1 aliphatic rings. The summed E-state index contributed by atoms with van der Waals surface area (Å²) in [7, 11) is 0. The molecule has 0 N–H and O–H groups in total. The summed E-state index contributed by atoms with van der Waals surface area (Å²) in [4.78, 5) is 14.5. The summed E-state index contributed by atoms with van der Waals surface area (Å²) in [6.45, 7) is 3.30.